The average Bonchev–Trinajstić information content (AvgIpc) is 2.84. The third-order valence-electron chi connectivity index (χ3n) is 3.33. The van der Waals surface area contributed by atoms with Crippen LogP contribution in [0.3, 0.4) is 0 Å². The van der Waals surface area contributed by atoms with Crippen LogP contribution in [0.2, 0.25) is 0 Å². The molecule has 3 rings (SSSR count). The van der Waals surface area contributed by atoms with E-state index < -0.39 is 5.97 Å². The third-order valence-corrected chi connectivity index (χ3v) is 3.33. The van der Waals surface area contributed by atoms with Gasteiger partial charge in [0.1, 0.15) is 5.82 Å². The molecule has 3 nitrogen and oxygen atoms in total. The zero-order valence-electron chi connectivity index (χ0n) is 10.8. The Morgan fingerprint density at radius 1 is 1.15 bits per heavy atom. The van der Waals surface area contributed by atoms with E-state index in [1.807, 2.05) is 23.8 Å². The molecule has 0 aliphatic heterocycles. The van der Waals surface area contributed by atoms with E-state index in [2.05, 4.69) is 0 Å². The molecule has 0 bridgehead atoms. The Hall–Kier alpha value is -2.62. The Morgan fingerprint density at radius 3 is 2.50 bits per heavy atom. The van der Waals surface area contributed by atoms with Crippen LogP contribution in [-0.4, -0.2) is 15.6 Å². The maximum Gasteiger partial charge on any atom is 0.335 e. The number of aryl methyl sites for hydroxylation is 1. The molecule has 0 saturated carbocycles. The number of carbonyl (C=O) groups is 1. The van der Waals surface area contributed by atoms with Crippen LogP contribution < -0.4 is 0 Å². The SMILES string of the molecule is Cc1cc(C(=O)O)cc2ccn(-c3ccc(F)cc3)c12. The number of benzene rings is 2. The molecule has 0 radical (unpaired) electrons. The summed E-state index contributed by atoms with van der Waals surface area (Å²) in [5, 5.41) is 9.93. The van der Waals surface area contributed by atoms with Gasteiger partial charge >= 0.3 is 5.97 Å². The summed E-state index contributed by atoms with van der Waals surface area (Å²) in [4.78, 5) is 11.1. The molecule has 0 aliphatic carbocycles. The van der Waals surface area contributed by atoms with Crippen LogP contribution in [0.4, 0.5) is 4.39 Å². The molecule has 100 valence electrons. The summed E-state index contributed by atoms with van der Waals surface area (Å²) in [6, 6.07) is 11.3. The molecular weight excluding hydrogens is 257 g/mol. The van der Waals surface area contributed by atoms with Crippen molar-refractivity contribution in [2.75, 3.05) is 0 Å². The van der Waals surface area contributed by atoms with Crippen molar-refractivity contribution >= 4 is 16.9 Å². The van der Waals surface area contributed by atoms with Gasteiger partial charge in [0.25, 0.3) is 0 Å². The molecule has 1 aromatic heterocycles. The quantitative estimate of drug-likeness (QED) is 0.769. The van der Waals surface area contributed by atoms with Crippen molar-refractivity contribution in [1.29, 1.82) is 0 Å². The number of halogens is 1. The highest BCUT2D eigenvalue weighted by Crippen LogP contribution is 2.25. The van der Waals surface area contributed by atoms with Gasteiger partial charge in [-0.2, -0.15) is 0 Å². The standard InChI is InChI=1S/C16H12FNO2/c1-10-8-12(16(19)20)9-11-6-7-18(15(10)11)14-4-2-13(17)3-5-14/h2-9H,1H3,(H,19,20). The Morgan fingerprint density at radius 2 is 1.85 bits per heavy atom. The van der Waals surface area contributed by atoms with E-state index in [4.69, 9.17) is 5.11 Å². The van der Waals surface area contributed by atoms with E-state index in [1.165, 1.54) is 12.1 Å². The lowest BCUT2D eigenvalue weighted by Gasteiger charge is -2.08. The maximum absolute atomic E-state index is 13.0. The highest BCUT2D eigenvalue weighted by Gasteiger charge is 2.11. The zero-order valence-corrected chi connectivity index (χ0v) is 10.8. The highest BCUT2D eigenvalue weighted by atomic mass is 19.1. The van der Waals surface area contributed by atoms with E-state index in [9.17, 15) is 9.18 Å². The van der Waals surface area contributed by atoms with E-state index in [0.717, 1.165) is 22.2 Å². The number of hydrogen-bond donors (Lipinski definition) is 1. The van der Waals surface area contributed by atoms with Gasteiger partial charge in [0.05, 0.1) is 11.1 Å². The number of nitrogens with zero attached hydrogens (tertiary/aromatic N) is 1. The first-order chi connectivity index (χ1) is 9.56. The number of aromatic carboxylic acids is 1. The monoisotopic (exact) mass is 269 g/mol. The lowest BCUT2D eigenvalue weighted by molar-refractivity contribution is 0.0697. The van der Waals surface area contributed by atoms with Gasteiger partial charge in [-0.15, -0.1) is 0 Å². The second kappa shape index (κ2) is 4.49. The van der Waals surface area contributed by atoms with Crippen LogP contribution in [0, 0.1) is 12.7 Å². The van der Waals surface area contributed by atoms with E-state index in [-0.39, 0.29) is 11.4 Å². The second-order valence-corrected chi connectivity index (χ2v) is 4.70. The predicted molar refractivity (Wildman–Crippen MR) is 74.9 cm³/mol. The number of hydrogen-bond acceptors (Lipinski definition) is 1. The number of fused-ring (bicyclic) bond motifs is 1. The Kier molecular flexibility index (Phi) is 2.79. The average molecular weight is 269 g/mol. The largest absolute Gasteiger partial charge is 0.478 e. The molecule has 0 atom stereocenters. The van der Waals surface area contributed by atoms with Crippen molar-refractivity contribution in [2.45, 2.75) is 6.92 Å². The van der Waals surface area contributed by atoms with Gasteiger partial charge < -0.3 is 9.67 Å². The molecular formula is C16H12FNO2. The lowest BCUT2D eigenvalue weighted by Crippen LogP contribution is -1.99. The minimum atomic E-state index is -0.940. The van der Waals surface area contributed by atoms with Crippen molar-refractivity contribution < 1.29 is 14.3 Å². The maximum atomic E-state index is 13.0. The minimum Gasteiger partial charge on any atom is -0.478 e. The van der Waals surface area contributed by atoms with Crippen LogP contribution in [-0.2, 0) is 0 Å². The number of rotatable bonds is 2. The summed E-state index contributed by atoms with van der Waals surface area (Å²) in [5.41, 5.74) is 2.91. The van der Waals surface area contributed by atoms with Crippen molar-refractivity contribution in [3.63, 3.8) is 0 Å². The highest BCUT2D eigenvalue weighted by molar-refractivity contribution is 5.95. The van der Waals surface area contributed by atoms with E-state index in [1.54, 1.807) is 24.3 Å². The molecule has 1 N–H and O–H groups in total. The van der Waals surface area contributed by atoms with Crippen molar-refractivity contribution in [3.8, 4) is 5.69 Å². The van der Waals surface area contributed by atoms with Crippen molar-refractivity contribution in [3.05, 3.63) is 65.6 Å². The summed E-state index contributed by atoms with van der Waals surface area (Å²) in [7, 11) is 0. The molecule has 2 aromatic carbocycles. The first-order valence-corrected chi connectivity index (χ1v) is 6.17. The Bertz CT molecular complexity index is 803. The summed E-state index contributed by atoms with van der Waals surface area (Å²) in [6.45, 7) is 1.87. The molecule has 4 heteroatoms. The van der Waals surface area contributed by atoms with Gasteiger partial charge in [-0.1, -0.05) is 0 Å². The first kappa shape index (κ1) is 12.4. The van der Waals surface area contributed by atoms with E-state index in [0.29, 0.717) is 0 Å². The fraction of sp³-hybridized carbons (Fsp3) is 0.0625. The molecule has 0 fully saturated rings. The summed E-state index contributed by atoms with van der Waals surface area (Å²) in [6.07, 6.45) is 1.86. The molecule has 0 aliphatic rings. The van der Waals surface area contributed by atoms with Gasteiger partial charge in [-0.05, 0) is 55.0 Å². The summed E-state index contributed by atoms with van der Waals surface area (Å²) >= 11 is 0. The topological polar surface area (TPSA) is 42.2 Å². The normalized spacial score (nSPS) is 10.9. The first-order valence-electron chi connectivity index (χ1n) is 6.17. The number of aromatic nitrogens is 1. The molecule has 0 unspecified atom stereocenters. The van der Waals surface area contributed by atoms with Gasteiger partial charge in [-0.25, -0.2) is 9.18 Å². The van der Waals surface area contributed by atoms with Gasteiger partial charge in [0, 0.05) is 17.3 Å². The fourth-order valence-electron chi connectivity index (χ4n) is 2.43. The molecule has 0 spiro atoms. The predicted octanol–water partition coefficient (Wildman–Crippen LogP) is 3.78. The Balaban J connectivity index is 2.23. The summed E-state index contributed by atoms with van der Waals surface area (Å²) in [5.74, 6) is -1.22. The van der Waals surface area contributed by atoms with Crippen LogP contribution >= 0.6 is 0 Å². The van der Waals surface area contributed by atoms with Gasteiger partial charge in [0.15, 0.2) is 0 Å². The minimum absolute atomic E-state index is 0.270. The van der Waals surface area contributed by atoms with E-state index >= 15 is 0 Å². The number of carboxylic acid groups (broad SMARTS) is 1. The van der Waals surface area contributed by atoms with Gasteiger partial charge in [0.2, 0.25) is 0 Å². The third kappa shape index (κ3) is 1.95. The lowest BCUT2D eigenvalue weighted by atomic mass is 10.1. The Labute approximate surface area is 114 Å². The molecule has 1 heterocycles. The van der Waals surface area contributed by atoms with Crippen LogP contribution in [0.25, 0.3) is 16.6 Å². The summed E-state index contributed by atoms with van der Waals surface area (Å²) < 4.78 is 14.9. The van der Waals surface area contributed by atoms with Crippen molar-refractivity contribution in [1.82, 2.24) is 4.57 Å². The number of carboxylic acids is 1. The molecule has 20 heavy (non-hydrogen) atoms. The smallest absolute Gasteiger partial charge is 0.335 e. The van der Waals surface area contributed by atoms with Crippen molar-refractivity contribution in [2.24, 2.45) is 0 Å². The van der Waals surface area contributed by atoms with Crippen LogP contribution in [0.1, 0.15) is 15.9 Å². The van der Waals surface area contributed by atoms with Gasteiger partial charge in [-0.3, -0.25) is 0 Å². The second-order valence-electron chi connectivity index (χ2n) is 4.70. The fourth-order valence-corrected chi connectivity index (χ4v) is 2.43. The molecule has 3 aromatic rings. The molecule has 0 saturated heterocycles. The zero-order chi connectivity index (χ0) is 14.3. The van der Waals surface area contributed by atoms with Crippen LogP contribution in [0.15, 0.2) is 48.7 Å². The van der Waals surface area contributed by atoms with Crippen LogP contribution in [0.5, 0.6) is 0 Å². The molecule has 0 amide bonds.